The summed E-state index contributed by atoms with van der Waals surface area (Å²) in [5.41, 5.74) is 2.62. The molecule has 2 heterocycles. The van der Waals surface area contributed by atoms with Crippen LogP contribution < -0.4 is 10.1 Å². The van der Waals surface area contributed by atoms with E-state index in [-0.39, 0.29) is 23.5 Å². The van der Waals surface area contributed by atoms with Gasteiger partial charge in [-0.1, -0.05) is 23.4 Å². The zero-order valence-electron chi connectivity index (χ0n) is 14.1. The number of ether oxygens (including phenoxy) is 1. The fourth-order valence-corrected chi connectivity index (χ4v) is 3.02. The third kappa shape index (κ3) is 3.03. The van der Waals surface area contributed by atoms with Crippen molar-refractivity contribution in [2.45, 2.75) is 19.4 Å². The van der Waals surface area contributed by atoms with E-state index in [0.29, 0.717) is 17.9 Å². The normalized spacial score (nSPS) is 15.4. The number of aromatic nitrogens is 3. The average Bonchev–Trinajstić information content (AvgIpc) is 3.23. The molecule has 1 N–H and O–H groups in total. The lowest BCUT2D eigenvalue weighted by atomic mass is 10.1. The van der Waals surface area contributed by atoms with Gasteiger partial charge in [0.05, 0.1) is 17.9 Å². The summed E-state index contributed by atoms with van der Waals surface area (Å²) < 4.78 is 20.4. The first-order chi connectivity index (χ1) is 12.6. The molecule has 6 nitrogen and oxygen atoms in total. The van der Waals surface area contributed by atoms with Crippen LogP contribution in [0.3, 0.4) is 0 Å². The van der Waals surface area contributed by atoms with Crippen molar-refractivity contribution in [1.29, 1.82) is 0 Å². The first-order valence-corrected chi connectivity index (χ1v) is 8.33. The first kappa shape index (κ1) is 16.3. The molecule has 0 aliphatic carbocycles. The van der Waals surface area contributed by atoms with Crippen LogP contribution in [0.25, 0.3) is 5.69 Å². The number of rotatable bonds is 4. The molecule has 1 atom stereocenters. The highest BCUT2D eigenvalue weighted by Gasteiger charge is 2.24. The van der Waals surface area contributed by atoms with Gasteiger partial charge < -0.3 is 10.1 Å². The molecule has 0 bridgehead atoms. The Morgan fingerprint density at radius 3 is 2.81 bits per heavy atom. The Hall–Kier alpha value is -3.22. The van der Waals surface area contributed by atoms with Crippen molar-refractivity contribution in [2.24, 2.45) is 0 Å². The molecule has 3 aromatic rings. The van der Waals surface area contributed by atoms with Crippen LogP contribution in [-0.4, -0.2) is 33.5 Å². The molecule has 4 rings (SSSR count). The smallest absolute Gasteiger partial charge is 0.273 e. The predicted octanol–water partition coefficient (Wildman–Crippen LogP) is 2.45. The van der Waals surface area contributed by atoms with Gasteiger partial charge in [-0.15, -0.1) is 5.10 Å². The molecule has 0 radical (unpaired) electrons. The molecule has 1 aromatic heterocycles. The third-order valence-corrected chi connectivity index (χ3v) is 4.38. The summed E-state index contributed by atoms with van der Waals surface area (Å²) in [5, 5.41) is 10.8. The van der Waals surface area contributed by atoms with Crippen LogP contribution in [0.2, 0.25) is 0 Å². The van der Waals surface area contributed by atoms with Gasteiger partial charge >= 0.3 is 0 Å². The summed E-state index contributed by atoms with van der Waals surface area (Å²) in [5.74, 6) is 0.225. The van der Waals surface area contributed by atoms with Gasteiger partial charge in [0.15, 0.2) is 5.69 Å². The molecular formula is C19H17FN4O2. The van der Waals surface area contributed by atoms with Gasteiger partial charge in [0.1, 0.15) is 17.7 Å². The molecule has 1 unspecified atom stereocenters. The summed E-state index contributed by atoms with van der Waals surface area (Å²) in [6.45, 7) is 2.14. The predicted molar refractivity (Wildman–Crippen MR) is 92.9 cm³/mol. The molecule has 0 saturated carbocycles. The molecule has 0 spiro atoms. The van der Waals surface area contributed by atoms with Gasteiger partial charge in [-0.2, -0.15) is 0 Å². The van der Waals surface area contributed by atoms with E-state index in [9.17, 15) is 9.18 Å². The number of fused-ring (bicyclic) bond motifs is 1. The number of nitrogens with zero attached hydrogens (tertiary/aromatic N) is 3. The van der Waals surface area contributed by atoms with Gasteiger partial charge in [0.2, 0.25) is 0 Å². The summed E-state index contributed by atoms with van der Waals surface area (Å²) in [6.07, 6.45) is 0.668. The maximum atomic E-state index is 13.1. The summed E-state index contributed by atoms with van der Waals surface area (Å²) in [7, 11) is 0. The van der Waals surface area contributed by atoms with Crippen molar-refractivity contribution >= 4 is 5.91 Å². The Kier molecular flexibility index (Phi) is 4.12. The van der Waals surface area contributed by atoms with Crippen LogP contribution in [0.1, 0.15) is 21.7 Å². The number of amides is 1. The minimum Gasteiger partial charge on any atom is -0.488 e. The number of para-hydroxylation sites is 1. The highest BCUT2D eigenvalue weighted by molar-refractivity contribution is 5.93. The third-order valence-electron chi connectivity index (χ3n) is 4.38. The Morgan fingerprint density at radius 1 is 1.27 bits per heavy atom. The number of hydrogen-bond acceptors (Lipinski definition) is 4. The Bertz CT molecular complexity index is 927. The highest BCUT2D eigenvalue weighted by Crippen LogP contribution is 2.27. The number of hydrogen-bond donors (Lipinski definition) is 1. The van der Waals surface area contributed by atoms with Crippen LogP contribution in [0.15, 0.2) is 48.5 Å². The van der Waals surface area contributed by atoms with Crippen LogP contribution in [0, 0.1) is 12.7 Å². The zero-order valence-corrected chi connectivity index (χ0v) is 14.1. The summed E-state index contributed by atoms with van der Waals surface area (Å²) in [4.78, 5) is 12.5. The molecule has 0 fully saturated rings. The number of halogens is 1. The first-order valence-electron chi connectivity index (χ1n) is 8.33. The Morgan fingerprint density at radius 2 is 2.04 bits per heavy atom. The standard InChI is InChI=1S/C19H17FN4O2/c1-12-18(22-23-24(12)15-8-6-14(20)7-9-15)19(25)21-11-16-10-13-4-2-3-5-17(13)26-16/h2-9,16H,10-11H2,1H3,(H,21,25). The molecule has 7 heteroatoms. The zero-order chi connectivity index (χ0) is 18.1. The number of nitrogens with one attached hydrogen (secondary N) is 1. The largest absolute Gasteiger partial charge is 0.488 e. The van der Waals surface area contributed by atoms with Crippen LogP contribution in [-0.2, 0) is 6.42 Å². The molecule has 1 aliphatic heterocycles. The second-order valence-corrected chi connectivity index (χ2v) is 6.17. The second kappa shape index (κ2) is 6.59. The maximum absolute atomic E-state index is 13.1. The minimum atomic E-state index is -0.331. The molecule has 0 saturated heterocycles. The van der Waals surface area contributed by atoms with Crippen LogP contribution in [0.5, 0.6) is 5.75 Å². The van der Waals surface area contributed by atoms with E-state index in [0.717, 1.165) is 17.7 Å². The van der Waals surface area contributed by atoms with Crippen LogP contribution >= 0.6 is 0 Å². The van der Waals surface area contributed by atoms with Crippen molar-refractivity contribution in [3.63, 3.8) is 0 Å². The average molecular weight is 352 g/mol. The van der Waals surface area contributed by atoms with E-state index in [1.807, 2.05) is 24.3 Å². The monoisotopic (exact) mass is 352 g/mol. The Labute approximate surface area is 149 Å². The van der Waals surface area contributed by atoms with E-state index in [1.54, 1.807) is 19.1 Å². The van der Waals surface area contributed by atoms with Gasteiger partial charge in [0, 0.05) is 6.42 Å². The highest BCUT2D eigenvalue weighted by atomic mass is 19.1. The van der Waals surface area contributed by atoms with E-state index in [4.69, 9.17) is 4.74 Å². The van der Waals surface area contributed by atoms with E-state index in [1.165, 1.54) is 16.8 Å². The van der Waals surface area contributed by atoms with Gasteiger partial charge in [0.25, 0.3) is 5.91 Å². The lowest BCUT2D eigenvalue weighted by Gasteiger charge is -2.11. The Balaban J connectivity index is 1.42. The lowest BCUT2D eigenvalue weighted by Crippen LogP contribution is -2.35. The SMILES string of the molecule is Cc1c(C(=O)NCC2Cc3ccccc3O2)nnn1-c1ccc(F)cc1. The van der Waals surface area contributed by atoms with Crippen LogP contribution in [0.4, 0.5) is 4.39 Å². The summed E-state index contributed by atoms with van der Waals surface area (Å²) >= 11 is 0. The van der Waals surface area contributed by atoms with Crippen molar-refractivity contribution in [1.82, 2.24) is 20.3 Å². The van der Waals surface area contributed by atoms with Gasteiger partial charge in [-0.05, 0) is 42.8 Å². The maximum Gasteiger partial charge on any atom is 0.273 e. The molecule has 132 valence electrons. The van der Waals surface area contributed by atoms with Crippen molar-refractivity contribution < 1.29 is 13.9 Å². The fraction of sp³-hybridized carbons (Fsp3) is 0.211. The van der Waals surface area contributed by atoms with Gasteiger partial charge in [-0.3, -0.25) is 4.79 Å². The van der Waals surface area contributed by atoms with Crippen molar-refractivity contribution in [3.8, 4) is 11.4 Å². The quantitative estimate of drug-likeness (QED) is 0.783. The van der Waals surface area contributed by atoms with Crippen molar-refractivity contribution in [3.05, 3.63) is 71.3 Å². The van der Waals surface area contributed by atoms with E-state index >= 15 is 0 Å². The van der Waals surface area contributed by atoms with E-state index in [2.05, 4.69) is 15.6 Å². The summed E-state index contributed by atoms with van der Waals surface area (Å²) in [6, 6.07) is 13.7. The van der Waals surface area contributed by atoms with E-state index < -0.39 is 0 Å². The topological polar surface area (TPSA) is 69.0 Å². The molecular weight excluding hydrogens is 335 g/mol. The molecule has 26 heavy (non-hydrogen) atoms. The molecule has 2 aromatic carbocycles. The van der Waals surface area contributed by atoms with Gasteiger partial charge in [-0.25, -0.2) is 9.07 Å². The molecule has 1 amide bonds. The lowest BCUT2D eigenvalue weighted by molar-refractivity contribution is 0.0928. The number of carbonyl (C=O) groups is 1. The number of benzene rings is 2. The number of carbonyl (C=O) groups excluding carboxylic acids is 1. The minimum absolute atomic E-state index is 0.0937. The fourth-order valence-electron chi connectivity index (χ4n) is 3.02. The second-order valence-electron chi connectivity index (χ2n) is 6.17. The van der Waals surface area contributed by atoms with Crippen molar-refractivity contribution in [2.75, 3.05) is 6.54 Å². The molecule has 1 aliphatic rings.